The molecule has 0 fully saturated rings. The van der Waals surface area contributed by atoms with Crippen molar-refractivity contribution in [2.24, 2.45) is 5.90 Å². The van der Waals surface area contributed by atoms with Gasteiger partial charge in [-0.2, -0.15) is 11.0 Å². The van der Waals surface area contributed by atoms with E-state index < -0.39 is 10.0 Å². The number of aromatic nitrogens is 3. The summed E-state index contributed by atoms with van der Waals surface area (Å²) in [5.41, 5.74) is 0.284. The van der Waals surface area contributed by atoms with E-state index in [0.717, 1.165) is 11.8 Å². The van der Waals surface area contributed by atoms with Crippen LogP contribution in [0.3, 0.4) is 0 Å². The number of anilines is 1. The molecule has 0 aliphatic rings. The smallest absolute Gasteiger partial charge is 0.265 e. The number of H-pyrrole nitrogens is 1. The SMILES string of the molecule is NOc1ccccc1S(=O)(=O)Nc1cc(Sc2ncn[nH]2)c(O)c2ccccc12. The zero-order valence-corrected chi connectivity index (χ0v) is 16.4. The number of para-hydroxylation sites is 1. The Morgan fingerprint density at radius 3 is 2.55 bits per heavy atom. The van der Waals surface area contributed by atoms with Crippen molar-refractivity contribution >= 4 is 38.2 Å². The van der Waals surface area contributed by atoms with E-state index in [2.05, 4.69) is 24.7 Å². The lowest BCUT2D eigenvalue weighted by Gasteiger charge is -2.15. The largest absolute Gasteiger partial charge is 0.506 e. The molecule has 0 saturated carbocycles. The third-order valence-electron chi connectivity index (χ3n) is 4.09. The molecule has 9 nitrogen and oxygen atoms in total. The molecule has 1 aromatic heterocycles. The molecule has 4 aromatic rings. The topological polar surface area (TPSA) is 143 Å². The number of phenols is 1. The van der Waals surface area contributed by atoms with Crippen molar-refractivity contribution in [1.82, 2.24) is 15.2 Å². The molecule has 0 aliphatic carbocycles. The fraction of sp³-hybridized carbons (Fsp3) is 0. The van der Waals surface area contributed by atoms with Crippen LogP contribution in [0.1, 0.15) is 0 Å². The molecule has 0 atom stereocenters. The Balaban J connectivity index is 1.83. The van der Waals surface area contributed by atoms with Crippen molar-refractivity contribution in [3.63, 3.8) is 0 Å². The average Bonchev–Trinajstić information content (AvgIpc) is 3.24. The number of hydrogen-bond donors (Lipinski definition) is 4. The van der Waals surface area contributed by atoms with E-state index in [9.17, 15) is 13.5 Å². The highest BCUT2D eigenvalue weighted by molar-refractivity contribution is 7.99. The van der Waals surface area contributed by atoms with Crippen LogP contribution in [-0.2, 0) is 10.0 Å². The van der Waals surface area contributed by atoms with Gasteiger partial charge in [-0.3, -0.25) is 9.82 Å². The standard InChI is InChI=1S/C18H15N5O4S2/c19-27-14-7-3-4-8-16(14)29(25,26)23-13-9-15(28-18-20-10-21-22-18)17(24)12-6-2-1-5-11(12)13/h1-10,23-24H,19H2,(H,20,21,22). The molecule has 0 unspecified atom stereocenters. The number of hydrogen-bond acceptors (Lipinski definition) is 8. The lowest BCUT2D eigenvalue weighted by atomic mass is 10.1. The van der Waals surface area contributed by atoms with Crippen molar-refractivity contribution in [2.45, 2.75) is 14.9 Å². The van der Waals surface area contributed by atoms with Crippen LogP contribution in [0.5, 0.6) is 11.5 Å². The van der Waals surface area contributed by atoms with Crippen LogP contribution >= 0.6 is 11.8 Å². The Morgan fingerprint density at radius 1 is 1.10 bits per heavy atom. The van der Waals surface area contributed by atoms with Gasteiger partial charge in [0.1, 0.15) is 17.0 Å². The van der Waals surface area contributed by atoms with E-state index in [-0.39, 0.29) is 22.1 Å². The zero-order valence-electron chi connectivity index (χ0n) is 14.7. The van der Waals surface area contributed by atoms with Crippen molar-refractivity contribution in [1.29, 1.82) is 0 Å². The number of aromatic amines is 1. The van der Waals surface area contributed by atoms with Crippen LogP contribution in [-0.4, -0.2) is 28.7 Å². The Morgan fingerprint density at radius 2 is 1.83 bits per heavy atom. The summed E-state index contributed by atoms with van der Waals surface area (Å²) in [6.07, 6.45) is 1.34. The maximum atomic E-state index is 13.0. The molecule has 5 N–H and O–H groups in total. The molecule has 0 radical (unpaired) electrons. The minimum atomic E-state index is -4.02. The molecule has 11 heteroatoms. The molecule has 148 valence electrons. The number of sulfonamides is 1. The Kier molecular flexibility index (Phi) is 5.01. The number of rotatable bonds is 6. The summed E-state index contributed by atoms with van der Waals surface area (Å²) in [5, 5.41) is 18.6. The monoisotopic (exact) mass is 429 g/mol. The first-order valence-electron chi connectivity index (χ1n) is 8.26. The van der Waals surface area contributed by atoms with Crippen LogP contribution in [0.2, 0.25) is 0 Å². The highest BCUT2D eigenvalue weighted by Crippen LogP contribution is 2.42. The molecule has 0 spiro atoms. The molecular formula is C18H15N5O4S2. The van der Waals surface area contributed by atoms with Crippen LogP contribution in [0.25, 0.3) is 10.8 Å². The third-order valence-corrected chi connectivity index (χ3v) is 6.42. The van der Waals surface area contributed by atoms with Crippen molar-refractivity contribution in [3.8, 4) is 11.5 Å². The third kappa shape index (κ3) is 3.70. The Hall–Kier alpha value is -3.28. The second kappa shape index (κ2) is 7.62. The zero-order chi connectivity index (χ0) is 20.4. The number of phenolic OH excluding ortho intramolecular Hbond substituents is 1. The van der Waals surface area contributed by atoms with Crippen molar-refractivity contribution in [3.05, 3.63) is 60.9 Å². The average molecular weight is 429 g/mol. The van der Waals surface area contributed by atoms with Crippen molar-refractivity contribution < 1.29 is 18.4 Å². The predicted octanol–water partition coefficient (Wildman–Crippen LogP) is 2.87. The quantitative estimate of drug-likeness (QED) is 0.271. The number of nitrogens with zero attached hydrogens (tertiary/aromatic N) is 2. The molecule has 0 saturated heterocycles. The maximum absolute atomic E-state index is 13.0. The highest BCUT2D eigenvalue weighted by atomic mass is 32.2. The highest BCUT2D eigenvalue weighted by Gasteiger charge is 2.22. The summed E-state index contributed by atoms with van der Waals surface area (Å²) in [7, 11) is -4.02. The van der Waals surface area contributed by atoms with E-state index in [0.29, 0.717) is 20.8 Å². The molecule has 4 rings (SSSR count). The molecule has 0 aliphatic heterocycles. The van der Waals surface area contributed by atoms with Gasteiger partial charge in [-0.05, 0) is 30.0 Å². The fourth-order valence-corrected chi connectivity index (χ4v) is 4.81. The van der Waals surface area contributed by atoms with E-state index in [1.807, 2.05) is 0 Å². The summed E-state index contributed by atoms with van der Waals surface area (Å²) in [6.45, 7) is 0. The summed E-state index contributed by atoms with van der Waals surface area (Å²) < 4.78 is 28.6. The summed E-state index contributed by atoms with van der Waals surface area (Å²) in [6, 6.07) is 14.5. The van der Waals surface area contributed by atoms with Crippen LogP contribution in [0, 0.1) is 0 Å². The Labute approximate surface area is 169 Å². The Bertz CT molecular complexity index is 1280. The van der Waals surface area contributed by atoms with Crippen LogP contribution < -0.4 is 15.5 Å². The van der Waals surface area contributed by atoms with E-state index >= 15 is 0 Å². The molecule has 1 heterocycles. The number of nitrogens with one attached hydrogen (secondary N) is 2. The lowest BCUT2D eigenvalue weighted by Crippen LogP contribution is -2.16. The molecule has 3 aromatic carbocycles. The summed E-state index contributed by atoms with van der Waals surface area (Å²) in [4.78, 5) is 9.01. The van der Waals surface area contributed by atoms with Gasteiger partial charge in [0.25, 0.3) is 10.0 Å². The van der Waals surface area contributed by atoms with Gasteiger partial charge in [0.15, 0.2) is 10.9 Å². The van der Waals surface area contributed by atoms with Gasteiger partial charge in [0, 0.05) is 10.8 Å². The fourth-order valence-electron chi connectivity index (χ4n) is 2.81. The predicted molar refractivity (Wildman–Crippen MR) is 108 cm³/mol. The van der Waals surface area contributed by atoms with Gasteiger partial charge >= 0.3 is 0 Å². The van der Waals surface area contributed by atoms with Gasteiger partial charge in [0.05, 0.1) is 10.6 Å². The summed E-state index contributed by atoms with van der Waals surface area (Å²) in [5.74, 6) is 5.23. The van der Waals surface area contributed by atoms with E-state index in [4.69, 9.17) is 5.90 Å². The van der Waals surface area contributed by atoms with E-state index in [1.54, 1.807) is 36.4 Å². The van der Waals surface area contributed by atoms with Gasteiger partial charge in [-0.1, -0.05) is 36.4 Å². The number of benzene rings is 3. The van der Waals surface area contributed by atoms with Gasteiger partial charge < -0.3 is 9.94 Å². The van der Waals surface area contributed by atoms with Crippen molar-refractivity contribution in [2.75, 3.05) is 4.72 Å². The van der Waals surface area contributed by atoms with Gasteiger partial charge in [-0.15, -0.1) is 0 Å². The van der Waals surface area contributed by atoms with Gasteiger partial charge in [0.2, 0.25) is 0 Å². The van der Waals surface area contributed by atoms with E-state index in [1.165, 1.54) is 24.5 Å². The molecule has 0 amide bonds. The minimum Gasteiger partial charge on any atom is -0.506 e. The first-order valence-corrected chi connectivity index (χ1v) is 10.6. The minimum absolute atomic E-state index is 0.00985. The number of nitrogens with two attached hydrogens (primary N) is 1. The first-order chi connectivity index (χ1) is 14.0. The second-order valence-corrected chi connectivity index (χ2v) is 8.56. The van der Waals surface area contributed by atoms with Crippen LogP contribution in [0.4, 0.5) is 5.69 Å². The number of fused-ring (bicyclic) bond motifs is 1. The normalized spacial score (nSPS) is 11.5. The van der Waals surface area contributed by atoms with Gasteiger partial charge in [-0.25, -0.2) is 13.4 Å². The lowest BCUT2D eigenvalue weighted by molar-refractivity contribution is 0.325. The number of aromatic hydroxyl groups is 1. The molecule has 29 heavy (non-hydrogen) atoms. The second-order valence-electron chi connectivity index (χ2n) is 5.88. The summed E-state index contributed by atoms with van der Waals surface area (Å²) >= 11 is 1.12. The molecular weight excluding hydrogens is 414 g/mol. The first kappa shape index (κ1) is 19.1. The molecule has 0 bridgehead atoms. The van der Waals surface area contributed by atoms with Crippen LogP contribution in [0.15, 0.2) is 75.9 Å². The maximum Gasteiger partial charge on any atom is 0.265 e.